The summed E-state index contributed by atoms with van der Waals surface area (Å²) in [6.45, 7) is 4.32. The topological polar surface area (TPSA) is 101 Å². The number of carboxylic acid groups (broad SMARTS) is 1. The number of nitro groups is 1. The first-order chi connectivity index (χ1) is 11.8. The van der Waals surface area contributed by atoms with Crippen LogP contribution in [0.15, 0.2) is 18.2 Å². The van der Waals surface area contributed by atoms with E-state index in [-0.39, 0.29) is 35.5 Å². The summed E-state index contributed by atoms with van der Waals surface area (Å²) in [7, 11) is 0. The molecule has 1 saturated carbocycles. The van der Waals surface area contributed by atoms with Gasteiger partial charge in [0.1, 0.15) is 0 Å². The Hall–Kier alpha value is -2.44. The molecule has 0 bridgehead atoms. The monoisotopic (exact) mass is 346 g/mol. The number of rotatable bonds is 5. The number of amides is 1. The van der Waals surface area contributed by atoms with Crippen LogP contribution in [0.4, 0.5) is 5.69 Å². The summed E-state index contributed by atoms with van der Waals surface area (Å²) in [4.78, 5) is 36.6. The van der Waals surface area contributed by atoms with Gasteiger partial charge in [-0.3, -0.25) is 19.7 Å². The van der Waals surface area contributed by atoms with E-state index in [1.165, 1.54) is 11.0 Å². The molecule has 7 nitrogen and oxygen atoms in total. The van der Waals surface area contributed by atoms with Crippen molar-refractivity contribution >= 4 is 17.6 Å². The zero-order valence-corrected chi connectivity index (χ0v) is 14.3. The van der Waals surface area contributed by atoms with Crippen molar-refractivity contribution in [1.82, 2.24) is 4.90 Å². The van der Waals surface area contributed by atoms with Gasteiger partial charge in [0.05, 0.1) is 10.8 Å². The van der Waals surface area contributed by atoms with Crippen LogP contribution in [0.1, 0.15) is 48.5 Å². The lowest BCUT2D eigenvalue weighted by Gasteiger charge is -2.17. The van der Waals surface area contributed by atoms with Crippen molar-refractivity contribution in [3.8, 4) is 0 Å². The highest BCUT2D eigenvalue weighted by atomic mass is 16.6. The molecule has 2 atom stereocenters. The van der Waals surface area contributed by atoms with Crippen LogP contribution < -0.4 is 0 Å². The predicted octanol–water partition coefficient (Wildman–Crippen LogP) is 2.90. The molecule has 25 heavy (non-hydrogen) atoms. The molecule has 3 rings (SSSR count). The number of likely N-dealkylation sites (tertiary alicyclic amines) is 1. The third-order valence-electron chi connectivity index (χ3n) is 5.29. The Labute approximate surface area is 145 Å². The van der Waals surface area contributed by atoms with Gasteiger partial charge in [0.2, 0.25) is 0 Å². The van der Waals surface area contributed by atoms with E-state index in [1.54, 1.807) is 12.1 Å². The van der Waals surface area contributed by atoms with Crippen molar-refractivity contribution in [2.75, 3.05) is 13.1 Å². The van der Waals surface area contributed by atoms with Gasteiger partial charge in [0.25, 0.3) is 11.6 Å². The first-order valence-corrected chi connectivity index (χ1v) is 8.60. The molecule has 7 heteroatoms. The fraction of sp³-hybridized carbons (Fsp3) is 0.556. The van der Waals surface area contributed by atoms with Crippen molar-refractivity contribution in [3.05, 3.63) is 39.4 Å². The molecule has 2 fully saturated rings. The number of carbonyl (C=O) groups excluding carboxylic acids is 1. The Morgan fingerprint density at radius 3 is 2.48 bits per heavy atom. The molecule has 1 N–H and O–H groups in total. The number of benzene rings is 1. The molecule has 1 saturated heterocycles. The highest BCUT2D eigenvalue weighted by Crippen LogP contribution is 2.44. The zero-order chi connectivity index (χ0) is 18.3. The zero-order valence-electron chi connectivity index (χ0n) is 14.3. The molecule has 1 aromatic rings. The number of carboxylic acids is 1. The van der Waals surface area contributed by atoms with Crippen LogP contribution in [0.3, 0.4) is 0 Å². The minimum atomic E-state index is -0.867. The van der Waals surface area contributed by atoms with E-state index in [0.717, 1.165) is 12.8 Å². The first-order valence-electron chi connectivity index (χ1n) is 8.60. The molecule has 1 aromatic carbocycles. The SMILES string of the molecule is CC(C)c1ccc(C(=O)N2C[C@H](C(=O)O)[C@@H](C3CC3)C2)cc1[N+](=O)[O-]. The number of hydrogen-bond acceptors (Lipinski definition) is 4. The van der Waals surface area contributed by atoms with E-state index in [4.69, 9.17) is 0 Å². The van der Waals surface area contributed by atoms with Crippen molar-refractivity contribution in [1.29, 1.82) is 0 Å². The molecule has 0 unspecified atom stereocenters. The van der Waals surface area contributed by atoms with E-state index in [1.807, 2.05) is 13.8 Å². The summed E-state index contributed by atoms with van der Waals surface area (Å²) in [5.41, 5.74) is 0.771. The standard InChI is InChI=1S/C18H22N2O5/c1-10(2)13-6-5-12(7-16(13)20(24)25)17(21)19-8-14(11-3-4-11)15(9-19)18(22)23/h5-7,10-11,14-15H,3-4,8-9H2,1-2H3,(H,22,23)/t14-,15+/m1/s1. The maximum atomic E-state index is 12.8. The summed E-state index contributed by atoms with van der Waals surface area (Å²) in [5.74, 6) is -1.38. The van der Waals surface area contributed by atoms with Crippen LogP contribution in [0.2, 0.25) is 0 Å². The number of carbonyl (C=O) groups is 2. The Balaban J connectivity index is 1.84. The van der Waals surface area contributed by atoms with Crippen molar-refractivity contribution < 1.29 is 19.6 Å². The second kappa shape index (κ2) is 6.46. The van der Waals surface area contributed by atoms with Gasteiger partial charge in [-0.05, 0) is 36.7 Å². The highest BCUT2D eigenvalue weighted by Gasteiger charge is 2.47. The van der Waals surface area contributed by atoms with Gasteiger partial charge in [-0.25, -0.2) is 0 Å². The van der Waals surface area contributed by atoms with E-state index < -0.39 is 16.8 Å². The summed E-state index contributed by atoms with van der Waals surface area (Å²) < 4.78 is 0. The quantitative estimate of drug-likeness (QED) is 0.652. The van der Waals surface area contributed by atoms with Crippen LogP contribution in [-0.4, -0.2) is 39.9 Å². The minimum absolute atomic E-state index is 0.00799. The molecule has 0 radical (unpaired) electrons. The molecule has 1 heterocycles. The van der Waals surface area contributed by atoms with Crippen LogP contribution >= 0.6 is 0 Å². The number of hydrogen-bond donors (Lipinski definition) is 1. The second-order valence-corrected chi connectivity index (χ2v) is 7.34. The Kier molecular flexibility index (Phi) is 4.49. The summed E-state index contributed by atoms with van der Waals surface area (Å²) in [6, 6.07) is 4.54. The fourth-order valence-electron chi connectivity index (χ4n) is 3.76. The second-order valence-electron chi connectivity index (χ2n) is 7.34. The van der Waals surface area contributed by atoms with E-state index in [0.29, 0.717) is 18.0 Å². The van der Waals surface area contributed by atoms with Gasteiger partial charge in [0.15, 0.2) is 0 Å². The van der Waals surface area contributed by atoms with Crippen LogP contribution in [0.25, 0.3) is 0 Å². The Morgan fingerprint density at radius 1 is 1.28 bits per heavy atom. The molecule has 0 aromatic heterocycles. The van der Waals surface area contributed by atoms with Gasteiger partial charge in [-0.2, -0.15) is 0 Å². The summed E-state index contributed by atoms with van der Waals surface area (Å²) in [6.07, 6.45) is 2.04. The smallest absolute Gasteiger partial charge is 0.308 e. The normalized spacial score (nSPS) is 23.1. The lowest BCUT2D eigenvalue weighted by molar-refractivity contribution is -0.385. The molecule has 2 aliphatic rings. The number of nitrogens with zero attached hydrogens (tertiary/aromatic N) is 2. The Bertz CT molecular complexity index is 726. The van der Waals surface area contributed by atoms with Crippen LogP contribution in [0, 0.1) is 27.9 Å². The molecule has 1 aliphatic carbocycles. The average molecular weight is 346 g/mol. The minimum Gasteiger partial charge on any atom is -0.481 e. The van der Waals surface area contributed by atoms with E-state index in [9.17, 15) is 24.8 Å². The molecule has 0 spiro atoms. The number of aliphatic carboxylic acids is 1. The van der Waals surface area contributed by atoms with Gasteiger partial charge in [0, 0.05) is 30.3 Å². The average Bonchev–Trinajstić information content (AvgIpc) is 3.31. The van der Waals surface area contributed by atoms with Gasteiger partial charge >= 0.3 is 5.97 Å². The maximum absolute atomic E-state index is 12.8. The predicted molar refractivity (Wildman–Crippen MR) is 90.4 cm³/mol. The molecular weight excluding hydrogens is 324 g/mol. The van der Waals surface area contributed by atoms with Crippen molar-refractivity contribution in [2.45, 2.75) is 32.6 Å². The molecular formula is C18H22N2O5. The summed E-state index contributed by atoms with van der Waals surface area (Å²) in [5, 5.41) is 20.7. The lowest BCUT2D eigenvalue weighted by Crippen LogP contribution is -2.30. The third kappa shape index (κ3) is 3.36. The van der Waals surface area contributed by atoms with Crippen LogP contribution in [-0.2, 0) is 4.79 Å². The largest absolute Gasteiger partial charge is 0.481 e. The van der Waals surface area contributed by atoms with E-state index >= 15 is 0 Å². The fourth-order valence-corrected chi connectivity index (χ4v) is 3.76. The molecule has 134 valence electrons. The van der Waals surface area contributed by atoms with Crippen molar-refractivity contribution in [2.24, 2.45) is 17.8 Å². The van der Waals surface area contributed by atoms with Crippen molar-refractivity contribution in [3.63, 3.8) is 0 Å². The van der Waals surface area contributed by atoms with Gasteiger partial charge in [-0.15, -0.1) is 0 Å². The number of nitro benzene ring substituents is 1. The van der Waals surface area contributed by atoms with Gasteiger partial charge < -0.3 is 10.0 Å². The first kappa shape index (κ1) is 17.4. The van der Waals surface area contributed by atoms with E-state index in [2.05, 4.69) is 0 Å². The van der Waals surface area contributed by atoms with Crippen LogP contribution in [0.5, 0.6) is 0 Å². The van der Waals surface area contributed by atoms with Gasteiger partial charge in [-0.1, -0.05) is 19.9 Å². The molecule has 1 aliphatic heterocycles. The Morgan fingerprint density at radius 2 is 1.96 bits per heavy atom. The third-order valence-corrected chi connectivity index (χ3v) is 5.29. The maximum Gasteiger partial charge on any atom is 0.308 e. The molecule has 1 amide bonds. The highest BCUT2D eigenvalue weighted by molar-refractivity contribution is 5.95. The summed E-state index contributed by atoms with van der Waals surface area (Å²) >= 11 is 0. The lowest BCUT2D eigenvalue weighted by atomic mass is 9.92.